The van der Waals surface area contributed by atoms with Crippen LogP contribution in [0.4, 0.5) is 0 Å². The van der Waals surface area contributed by atoms with Crippen molar-refractivity contribution in [2.75, 3.05) is 14.2 Å². The van der Waals surface area contributed by atoms with Gasteiger partial charge in [-0.3, -0.25) is 4.79 Å². The van der Waals surface area contributed by atoms with Gasteiger partial charge in [-0.1, -0.05) is 26.0 Å². The number of hydrogen-bond donors (Lipinski definition) is 1. The highest BCUT2D eigenvalue weighted by atomic mass is 16.5. The number of carbonyl (C=O) groups excluding carboxylic acids is 2. The van der Waals surface area contributed by atoms with E-state index < -0.39 is 12.0 Å². The molecule has 1 N–H and O–H groups in total. The Morgan fingerprint density at radius 1 is 1.25 bits per heavy atom. The zero-order chi connectivity index (χ0) is 15.1. The van der Waals surface area contributed by atoms with Gasteiger partial charge < -0.3 is 14.8 Å². The van der Waals surface area contributed by atoms with Crippen molar-refractivity contribution >= 4 is 11.9 Å². The minimum Gasteiger partial charge on any atom is -0.467 e. The Kier molecular flexibility index (Phi) is 6.18. The van der Waals surface area contributed by atoms with E-state index in [0.29, 0.717) is 12.2 Å². The molecular formula is C15H21NO4. The van der Waals surface area contributed by atoms with Gasteiger partial charge in [-0.25, -0.2) is 4.79 Å². The van der Waals surface area contributed by atoms with Crippen molar-refractivity contribution in [3.05, 3.63) is 35.4 Å². The standard InChI is InChI=1S/C15H21NO4/c1-10(2)13(15(18)20-4)16-14(17)12-7-5-6-11(8-12)9-19-3/h5-8,10,13H,9H2,1-4H3,(H,16,17). The molecule has 0 heterocycles. The largest absolute Gasteiger partial charge is 0.467 e. The molecule has 1 amide bonds. The number of methoxy groups -OCH3 is 2. The van der Waals surface area contributed by atoms with E-state index in [1.165, 1.54) is 7.11 Å². The van der Waals surface area contributed by atoms with Crippen molar-refractivity contribution in [1.82, 2.24) is 5.32 Å². The maximum atomic E-state index is 12.2. The molecule has 1 aromatic carbocycles. The Bertz CT molecular complexity index is 471. The van der Waals surface area contributed by atoms with Gasteiger partial charge in [0, 0.05) is 12.7 Å². The fourth-order valence-corrected chi connectivity index (χ4v) is 1.82. The minimum absolute atomic E-state index is 0.0476. The van der Waals surface area contributed by atoms with Crippen LogP contribution >= 0.6 is 0 Å². The molecule has 1 atom stereocenters. The first kappa shape index (κ1) is 16.2. The highest BCUT2D eigenvalue weighted by Gasteiger charge is 2.25. The van der Waals surface area contributed by atoms with Gasteiger partial charge in [-0.2, -0.15) is 0 Å². The van der Waals surface area contributed by atoms with E-state index in [2.05, 4.69) is 5.32 Å². The zero-order valence-corrected chi connectivity index (χ0v) is 12.3. The van der Waals surface area contributed by atoms with Gasteiger partial charge in [0.05, 0.1) is 13.7 Å². The van der Waals surface area contributed by atoms with E-state index in [1.54, 1.807) is 25.3 Å². The van der Waals surface area contributed by atoms with Gasteiger partial charge in [-0.05, 0) is 23.6 Å². The fourth-order valence-electron chi connectivity index (χ4n) is 1.82. The van der Waals surface area contributed by atoms with E-state index in [4.69, 9.17) is 9.47 Å². The molecule has 20 heavy (non-hydrogen) atoms. The first-order valence-electron chi connectivity index (χ1n) is 6.46. The predicted molar refractivity (Wildman–Crippen MR) is 75.3 cm³/mol. The molecule has 110 valence electrons. The van der Waals surface area contributed by atoms with E-state index in [-0.39, 0.29) is 11.8 Å². The third-order valence-electron chi connectivity index (χ3n) is 2.91. The molecule has 5 heteroatoms. The number of benzene rings is 1. The van der Waals surface area contributed by atoms with Crippen molar-refractivity contribution in [3.63, 3.8) is 0 Å². The van der Waals surface area contributed by atoms with Crippen molar-refractivity contribution in [2.24, 2.45) is 5.92 Å². The molecule has 1 aromatic rings. The zero-order valence-electron chi connectivity index (χ0n) is 12.3. The monoisotopic (exact) mass is 279 g/mol. The average Bonchev–Trinajstić information content (AvgIpc) is 2.44. The van der Waals surface area contributed by atoms with Crippen LogP contribution in [0.2, 0.25) is 0 Å². The molecule has 0 aromatic heterocycles. The number of amides is 1. The molecule has 0 bridgehead atoms. The first-order chi connectivity index (χ1) is 9.49. The van der Waals surface area contributed by atoms with Gasteiger partial charge in [0.1, 0.15) is 6.04 Å². The van der Waals surface area contributed by atoms with Crippen molar-refractivity contribution in [3.8, 4) is 0 Å². The second-order valence-electron chi connectivity index (χ2n) is 4.85. The topological polar surface area (TPSA) is 64.6 Å². The predicted octanol–water partition coefficient (Wildman–Crippen LogP) is 1.76. The lowest BCUT2D eigenvalue weighted by Gasteiger charge is -2.19. The fraction of sp³-hybridized carbons (Fsp3) is 0.467. The summed E-state index contributed by atoms with van der Waals surface area (Å²) in [5.41, 5.74) is 1.40. The summed E-state index contributed by atoms with van der Waals surface area (Å²) in [5, 5.41) is 2.70. The van der Waals surface area contributed by atoms with Crippen molar-refractivity contribution in [1.29, 1.82) is 0 Å². The summed E-state index contributed by atoms with van der Waals surface area (Å²) in [6.07, 6.45) is 0. The molecule has 1 rings (SSSR count). The lowest BCUT2D eigenvalue weighted by Crippen LogP contribution is -2.45. The first-order valence-corrected chi connectivity index (χ1v) is 6.46. The average molecular weight is 279 g/mol. The number of nitrogens with one attached hydrogen (secondary N) is 1. The number of ether oxygens (including phenoxy) is 2. The molecule has 0 saturated heterocycles. The molecule has 5 nitrogen and oxygen atoms in total. The number of rotatable bonds is 6. The smallest absolute Gasteiger partial charge is 0.328 e. The Hall–Kier alpha value is -1.88. The van der Waals surface area contributed by atoms with Crippen LogP contribution in [0.1, 0.15) is 29.8 Å². The molecule has 0 aliphatic rings. The van der Waals surface area contributed by atoms with E-state index in [9.17, 15) is 9.59 Å². The number of hydrogen-bond acceptors (Lipinski definition) is 4. The summed E-state index contributed by atoms with van der Waals surface area (Å²) >= 11 is 0. The maximum absolute atomic E-state index is 12.2. The van der Waals surface area contributed by atoms with Crippen LogP contribution in [0, 0.1) is 5.92 Å². The van der Waals surface area contributed by atoms with Crippen LogP contribution in [0.25, 0.3) is 0 Å². The highest BCUT2D eigenvalue weighted by molar-refractivity contribution is 5.96. The van der Waals surface area contributed by atoms with Gasteiger partial charge in [0.2, 0.25) is 0 Å². The number of carbonyl (C=O) groups is 2. The van der Waals surface area contributed by atoms with Gasteiger partial charge >= 0.3 is 5.97 Å². The van der Waals surface area contributed by atoms with Crippen molar-refractivity contribution < 1.29 is 19.1 Å². The van der Waals surface area contributed by atoms with Crippen LogP contribution in [0.3, 0.4) is 0 Å². The molecule has 0 aliphatic heterocycles. The minimum atomic E-state index is -0.654. The third kappa shape index (κ3) is 4.35. The normalized spacial score (nSPS) is 12.1. The van der Waals surface area contributed by atoms with Crippen LogP contribution in [0.15, 0.2) is 24.3 Å². The van der Waals surface area contributed by atoms with E-state index in [0.717, 1.165) is 5.56 Å². The molecule has 1 unspecified atom stereocenters. The Morgan fingerprint density at radius 2 is 1.95 bits per heavy atom. The summed E-state index contributed by atoms with van der Waals surface area (Å²) in [6, 6.07) is 6.45. The van der Waals surface area contributed by atoms with Gasteiger partial charge in [-0.15, -0.1) is 0 Å². The summed E-state index contributed by atoms with van der Waals surface area (Å²) < 4.78 is 9.73. The van der Waals surface area contributed by atoms with E-state index in [1.807, 2.05) is 19.9 Å². The maximum Gasteiger partial charge on any atom is 0.328 e. The Labute approximate surface area is 119 Å². The quantitative estimate of drug-likeness (QED) is 0.806. The highest BCUT2D eigenvalue weighted by Crippen LogP contribution is 2.09. The Balaban J connectivity index is 2.83. The second kappa shape index (κ2) is 7.65. The van der Waals surface area contributed by atoms with Crippen LogP contribution in [-0.4, -0.2) is 32.1 Å². The summed E-state index contributed by atoms with van der Waals surface area (Å²) in [4.78, 5) is 23.8. The van der Waals surface area contributed by atoms with E-state index >= 15 is 0 Å². The van der Waals surface area contributed by atoms with Crippen LogP contribution in [0.5, 0.6) is 0 Å². The van der Waals surface area contributed by atoms with Crippen LogP contribution in [-0.2, 0) is 20.9 Å². The van der Waals surface area contributed by atoms with Crippen molar-refractivity contribution in [2.45, 2.75) is 26.5 Å². The SMILES string of the molecule is COCc1cccc(C(=O)NC(C(=O)OC)C(C)C)c1. The Morgan fingerprint density at radius 3 is 2.50 bits per heavy atom. The second-order valence-corrected chi connectivity index (χ2v) is 4.85. The molecule has 0 saturated carbocycles. The summed E-state index contributed by atoms with van der Waals surface area (Å²) in [5.74, 6) is -0.790. The van der Waals surface area contributed by atoms with Crippen LogP contribution < -0.4 is 5.32 Å². The summed E-state index contributed by atoms with van der Waals surface area (Å²) in [6.45, 7) is 4.14. The molecule has 0 spiro atoms. The lowest BCUT2D eigenvalue weighted by molar-refractivity contribution is -0.144. The molecule has 0 radical (unpaired) electrons. The molecule has 0 aliphatic carbocycles. The lowest BCUT2D eigenvalue weighted by atomic mass is 10.0. The summed E-state index contributed by atoms with van der Waals surface area (Å²) in [7, 11) is 2.90. The van der Waals surface area contributed by atoms with Gasteiger partial charge in [0.15, 0.2) is 0 Å². The number of esters is 1. The molecular weight excluding hydrogens is 258 g/mol. The molecule has 0 fully saturated rings. The van der Waals surface area contributed by atoms with Gasteiger partial charge in [0.25, 0.3) is 5.91 Å². The third-order valence-corrected chi connectivity index (χ3v) is 2.91.